The second-order valence-electron chi connectivity index (χ2n) is 5.94. The Hall–Kier alpha value is -2.50. The van der Waals surface area contributed by atoms with Crippen LogP contribution in [0.2, 0.25) is 0 Å². The second-order valence-corrected chi connectivity index (χ2v) is 5.94. The summed E-state index contributed by atoms with van der Waals surface area (Å²) >= 11 is 0. The molecule has 0 fully saturated rings. The molecule has 2 amide bonds. The molecule has 0 atom stereocenters. The van der Waals surface area contributed by atoms with Crippen molar-refractivity contribution in [3.8, 4) is 11.5 Å². The highest BCUT2D eigenvalue weighted by molar-refractivity contribution is 5.94. The van der Waals surface area contributed by atoms with Crippen molar-refractivity contribution in [2.24, 2.45) is 5.73 Å². The number of hydrogen-bond donors (Lipinski definition) is 1. The molecule has 0 heterocycles. The van der Waals surface area contributed by atoms with Crippen LogP contribution >= 0.6 is 0 Å². The van der Waals surface area contributed by atoms with Crippen LogP contribution in [0.25, 0.3) is 6.08 Å². The van der Waals surface area contributed by atoms with Gasteiger partial charge in [-0.3, -0.25) is 9.59 Å². The van der Waals surface area contributed by atoms with Crippen molar-refractivity contribution >= 4 is 17.9 Å². The molecule has 2 N–H and O–H groups in total. The summed E-state index contributed by atoms with van der Waals surface area (Å²) in [5.41, 5.74) is 5.97. The Kier molecular flexibility index (Phi) is 7.30. The average molecular weight is 334 g/mol. The normalized spacial score (nSPS) is 11.1. The summed E-state index contributed by atoms with van der Waals surface area (Å²) in [6, 6.07) is 5.30. The third-order valence-electron chi connectivity index (χ3n) is 3.20. The fourth-order valence-corrected chi connectivity index (χ4v) is 2.09. The van der Waals surface area contributed by atoms with Crippen molar-refractivity contribution in [2.75, 3.05) is 13.7 Å². The lowest BCUT2D eigenvalue weighted by molar-refractivity contribution is -0.132. The molecular weight excluding hydrogens is 308 g/mol. The predicted octanol–water partition coefficient (Wildman–Crippen LogP) is 2.22. The molecule has 0 saturated carbocycles. The maximum atomic E-state index is 12.2. The van der Waals surface area contributed by atoms with E-state index in [9.17, 15) is 9.59 Å². The van der Waals surface area contributed by atoms with Gasteiger partial charge in [-0.05, 0) is 51.5 Å². The minimum atomic E-state index is -0.540. The Balaban J connectivity index is 2.92. The molecule has 6 heteroatoms. The van der Waals surface area contributed by atoms with Crippen LogP contribution in [0.3, 0.4) is 0 Å². The van der Waals surface area contributed by atoms with E-state index >= 15 is 0 Å². The third kappa shape index (κ3) is 5.95. The summed E-state index contributed by atoms with van der Waals surface area (Å²) < 4.78 is 11.0. The van der Waals surface area contributed by atoms with E-state index in [1.165, 1.54) is 11.0 Å². The third-order valence-corrected chi connectivity index (χ3v) is 3.20. The average Bonchev–Trinajstić information content (AvgIpc) is 2.50. The number of primary amides is 1. The smallest absolute Gasteiger partial charge is 0.247 e. The zero-order valence-electron chi connectivity index (χ0n) is 14.9. The molecule has 0 spiro atoms. The van der Waals surface area contributed by atoms with Gasteiger partial charge in [0.1, 0.15) is 0 Å². The van der Waals surface area contributed by atoms with E-state index in [1.54, 1.807) is 25.3 Å². The van der Waals surface area contributed by atoms with E-state index in [0.29, 0.717) is 11.5 Å². The lowest BCUT2D eigenvalue weighted by Gasteiger charge is -2.23. The quantitative estimate of drug-likeness (QED) is 0.739. The highest BCUT2D eigenvalue weighted by Gasteiger charge is 2.16. The van der Waals surface area contributed by atoms with Gasteiger partial charge < -0.3 is 20.1 Å². The Morgan fingerprint density at radius 1 is 1.21 bits per heavy atom. The number of hydrogen-bond acceptors (Lipinski definition) is 4. The highest BCUT2D eigenvalue weighted by Crippen LogP contribution is 2.29. The number of nitrogens with two attached hydrogens (primary N) is 1. The van der Waals surface area contributed by atoms with Gasteiger partial charge >= 0.3 is 0 Å². The number of carbonyl (C=O) groups is 2. The summed E-state index contributed by atoms with van der Waals surface area (Å²) in [5, 5.41) is 0. The molecule has 0 aliphatic carbocycles. The zero-order chi connectivity index (χ0) is 18.3. The molecule has 24 heavy (non-hydrogen) atoms. The first-order valence-corrected chi connectivity index (χ1v) is 7.86. The van der Waals surface area contributed by atoms with Crippen LogP contribution in [0.4, 0.5) is 0 Å². The molecular formula is C18H26N2O4. The van der Waals surface area contributed by atoms with Crippen LogP contribution < -0.4 is 15.2 Å². The molecule has 0 aliphatic rings. The van der Waals surface area contributed by atoms with E-state index in [2.05, 4.69) is 0 Å². The van der Waals surface area contributed by atoms with E-state index in [-0.39, 0.29) is 24.6 Å². The van der Waals surface area contributed by atoms with Crippen molar-refractivity contribution in [3.63, 3.8) is 0 Å². The fraction of sp³-hybridized carbons (Fsp3) is 0.444. The standard InChI is InChI=1S/C18H26N2O4/c1-12(2)20(11-17(19)21)18(22)9-7-14-6-8-15(24-13(3)4)16(10-14)23-5/h6-10,12-13H,11H2,1-5H3,(H2,19,21). The van der Waals surface area contributed by atoms with Gasteiger partial charge in [0.25, 0.3) is 0 Å². The first-order chi connectivity index (χ1) is 11.2. The largest absolute Gasteiger partial charge is 0.493 e. The Labute approximate surface area is 143 Å². The fourth-order valence-electron chi connectivity index (χ4n) is 2.09. The molecule has 1 aromatic rings. The van der Waals surface area contributed by atoms with Crippen molar-refractivity contribution in [3.05, 3.63) is 29.8 Å². The van der Waals surface area contributed by atoms with Crippen LogP contribution in [0.1, 0.15) is 33.3 Å². The first-order valence-electron chi connectivity index (χ1n) is 7.86. The molecule has 6 nitrogen and oxygen atoms in total. The lowest BCUT2D eigenvalue weighted by atomic mass is 10.1. The van der Waals surface area contributed by atoms with Gasteiger partial charge in [-0.15, -0.1) is 0 Å². The number of benzene rings is 1. The molecule has 1 aromatic carbocycles. The van der Waals surface area contributed by atoms with Crippen molar-refractivity contribution in [1.82, 2.24) is 4.90 Å². The van der Waals surface area contributed by atoms with Crippen LogP contribution in [0, 0.1) is 0 Å². The van der Waals surface area contributed by atoms with Gasteiger partial charge in [-0.1, -0.05) is 6.07 Å². The number of amides is 2. The predicted molar refractivity (Wildman–Crippen MR) is 93.8 cm³/mol. The van der Waals surface area contributed by atoms with Crippen molar-refractivity contribution < 1.29 is 19.1 Å². The molecule has 0 unspecified atom stereocenters. The SMILES string of the molecule is COc1cc(C=CC(=O)N(CC(N)=O)C(C)C)ccc1OC(C)C. The van der Waals surface area contributed by atoms with E-state index < -0.39 is 5.91 Å². The summed E-state index contributed by atoms with van der Waals surface area (Å²) in [6.45, 7) is 7.42. The van der Waals surface area contributed by atoms with Crippen LogP contribution in [0.5, 0.6) is 11.5 Å². The highest BCUT2D eigenvalue weighted by atomic mass is 16.5. The zero-order valence-corrected chi connectivity index (χ0v) is 14.9. The van der Waals surface area contributed by atoms with Crippen LogP contribution in [-0.2, 0) is 9.59 Å². The van der Waals surface area contributed by atoms with Gasteiger partial charge in [0.2, 0.25) is 11.8 Å². The molecule has 0 bridgehead atoms. The number of carbonyl (C=O) groups excluding carboxylic acids is 2. The van der Waals surface area contributed by atoms with Gasteiger partial charge in [-0.2, -0.15) is 0 Å². The first kappa shape index (κ1) is 19.5. The molecule has 0 saturated heterocycles. The monoisotopic (exact) mass is 334 g/mol. The minimum absolute atomic E-state index is 0.0373. The van der Waals surface area contributed by atoms with E-state index in [1.807, 2.05) is 33.8 Å². The lowest BCUT2D eigenvalue weighted by Crippen LogP contribution is -2.41. The maximum absolute atomic E-state index is 12.2. The summed E-state index contributed by atoms with van der Waals surface area (Å²) in [4.78, 5) is 24.7. The van der Waals surface area contributed by atoms with Gasteiger partial charge in [0, 0.05) is 12.1 Å². The summed E-state index contributed by atoms with van der Waals surface area (Å²) in [6.07, 6.45) is 3.12. The van der Waals surface area contributed by atoms with Gasteiger partial charge in [-0.25, -0.2) is 0 Å². The van der Waals surface area contributed by atoms with Crippen LogP contribution in [-0.4, -0.2) is 42.5 Å². The number of ether oxygens (including phenoxy) is 2. The molecule has 0 radical (unpaired) electrons. The van der Waals surface area contributed by atoms with Gasteiger partial charge in [0.15, 0.2) is 11.5 Å². The maximum Gasteiger partial charge on any atom is 0.247 e. The van der Waals surface area contributed by atoms with Gasteiger partial charge in [0.05, 0.1) is 19.8 Å². The molecule has 1 rings (SSSR count). The molecule has 0 aromatic heterocycles. The molecule has 132 valence electrons. The number of rotatable bonds is 8. The van der Waals surface area contributed by atoms with Crippen LogP contribution in [0.15, 0.2) is 24.3 Å². The second kappa shape index (κ2) is 8.96. The minimum Gasteiger partial charge on any atom is -0.493 e. The van der Waals surface area contributed by atoms with Crippen molar-refractivity contribution in [1.29, 1.82) is 0 Å². The Morgan fingerprint density at radius 3 is 2.38 bits per heavy atom. The molecule has 0 aliphatic heterocycles. The van der Waals surface area contributed by atoms with E-state index in [4.69, 9.17) is 15.2 Å². The topological polar surface area (TPSA) is 81.9 Å². The summed E-state index contributed by atoms with van der Waals surface area (Å²) in [7, 11) is 1.56. The van der Waals surface area contributed by atoms with Crippen molar-refractivity contribution in [2.45, 2.75) is 39.8 Å². The van der Waals surface area contributed by atoms with E-state index in [0.717, 1.165) is 5.56 Å². The number of methoxy groups -OCH3 is 1. The number of nitrogens with zero attached hydrogens (tertiary/aromatic N) is 1. The summed E-state index contributed by atoms with van der Waals surface area (Å²) in [5.74, 6) is 0.428. The Bertz CT molecular complexity index is 609. The Morgan fingerprint density at radius 2 is 1.88 bits per heavy atom.